The van der Waals surface area contributed by atoms with E-state index in [0.717, 1.165) is 18.6 Å². The SMILES string of the molecule is c1cc(CN(C[C@H]2CCCN2)C2CC2)cs1. The van der Waals surface area contributed by atoms with Gasteiger partial charge in [-0.3, -0.25) is 4.90 Å². The topological polar surface area (TPSA) is 15.3 Å². The zero-order valence-corrected chi connectivity index (χ0v) is 10.5. The third-order valence-corrected chi connectivity index (χ3v) is 4.38. The van der Waals surface area contributed by atoms with Gasteiger partial charge in [0.1, 0.15) is 0 Å². The molecule has 1 N–H and O–H groups in total. The highest BCUT2D eigenvalue weighted by atomic mass is 32.1. The van der Waals surface area contributed by atoms with Crippen molar-refractivity contribution < 1.29 is 0 Å². The van der Waals surface area contributed by atoms with E-state index in [4.69, 9.17) is 0 Å². The van der Waals surface area contributed by atoms with Crippen LogP contribution in [0.3, 0.4) is 0 Å². The second kappa shape index (κ2) is 4.86. The lowest BCUT2D eigenvalue weighted by atomic mass is 10.2. The van der Waals surface area contributed by atoms with Crippen LogP contribution in [0.2, 0.25) is 0 Å². The molecule has 1 aromatic rings. The summed E-state index contributed by atoms with van der Waals surface area (Å²) in [5, 5.41) is 8.09. The number of nitrogens with zero attached hydrogens (tertiary/aromatic N) is 1. The van der Waals surface area contributed by atoms with Gasteiger partial charge in [0.25, 0.3) is 0 Å². The van der Waals surface area contributed by atoms with E-state index < -0.39 is 0 Å². The van der Waals surface area contributed by atoms with Gasteiger partial charge in [0.2, 0.25) is 0 Å². The van der Waals surface area contributed by atoms with Crippen molar-refractivity contribution in [3.63, 3.8) is 0 Å². The second-order valence-electron chi connectivity index (χ2n) is 5.09. The minimum Gasteiger partial charge on any atom is -0.313 e. The van der Waals surface area contributed by atoms with Gasteiger partial charge in [0.05, 0.1) is 0 Å². The number of thiophene rings is 1. The molecule has 1 saturated heterocycles. The third-order valence-electron chi connectivity index (χ3n) is 3.65. The first-order valence-electron chi connectivity index (χ1n) is 6.40. The Morgan fingerprint density at radius 3 is 2.94 bits per heavy atom. The van der Waals surface area contributed by atoms with Crippen LogP contribution in [0.4, 0.5) is 0 Å². The normalized spacial score (nSPS) is 25.4. The molecule has 2 heterocycles. The Morgan fingerprint density at radius 2 is 2.31 bits per heavy atom. The Balaban J connectivity index is 1.57. The molecule has 0 radical (unpaired) electrons. The maximum absolute atomic E-state index is 3.61. The third kappa shape index (κ3) is 2.65. The molecular weight excluding hydrogens is 216 g/mol. The van der Waals surface area contributed by atoms with E-state index in [-0.39, 0.29) is 0 Å². The molecule has 2 fully saturated rings. The summed E-state index contributed by atoms with van der Waals surface area (Å²) in [4.78, 5) is 2.69. The van der Waals surface area contributed by atoms with Crippen LogP contribution in [0.5, 0.6) is 0 Å². The fourth-order valence-electron chi connectivity index (χ4n) is 2.60. The lowest BCUT2D eigenvalue weighted by molar-refractivity contribution is 0.231. The molecule has 0 unspecified atom stereocenters. The molecule has 1 aliphatic heterocycles. The molecule has 88 valence electrons. The summed E-state index contributed by atoms with van der Waals surface area (Å²) >= 11 is 1.81. The molecule has 0 spiro atoms. The Hall–Kier alpha value is -0.380. The molecule has 0 amide bonds. The number of rotatable bonds is 5. The lowest BCUT2D eigenvalue weighted by Gasteiger charge is -2.25. The molecular formula is C13H20N2S. The zero-order valence-electron chi connectivity index (χ0n) is 9.69. The molecule has 1 aliphatic carbocycles. The molecule has 1 aromatic heterocycles. The minimum absolute atomic E-state index is 0.749. The standard InChI is InChI=1S/C13H20N2S/c1-2-12(14-6-1)9-15(13-3-4-13)8-11-5-7-16-10-11/h5,7,10,12-14H,1-4,6,8-9H2/t12-/m1/s1. The van der Waals surface area contributed by atoms with Crippen molar-refractivity contribution in [3.8, 4) is 0 Å². The van der Waals surface area contributed by atoms with Crippen molar-refractivity contribution in [1.82, 2.24) is 10.2 Å². The molecule has 0 aromatic carbocycles. The van der Waals surface area contributed by atoms with E-state index in [9.17, 15) is 0 Å². The summed E-state index contributed by atoms with van der Waals surface area (Å²) in [5.74, 6) is 0. The molecule has 2 aliphatic rings. The molecule has 1 saturated carbocycles. The first kappa shape index (κ1) is 10.8. The van der Waals surface area contributed by atoms with Crippen molar-refractivity contribution in [1.29, 1.82) is 0 Å². The van der Waals surface area contributed by atoms with Gasteiger partial charge in [-0.05, 0) is 54.6 Å². The van der Waals surface area contributed by atoms with Crippen molar-refractivity contribution in [2.75, 3.05) is 13.1 Å². The highest BCUT2D eigenvalue weighted by Crippen LogP contribution is 2.29. The minimum atomic E-state index is 0.749. The highest BCUT2D eigenvalue weighted by Gasteiger charge is 2.31. The Bertz CT molecular complexity index is 313. The average Bonchev–Trinajstić information content (AvgIpc) is 2.79. The second-order valence-corrected chi connectivity index (χ2v) is 5.87. The van der Waals surface area contributed by atoms with Gasteiger partial charge in [-0.15, -0.1) is 0 Å². The Morgan fingerprint density at radius 1 is 1.38 bits per heavy atom. The number of nitrogens with one attached hydrogen (secondary N) is 1. The first-order chi connectivity index (χ1) is 7.92. The molecule has 2 nitrogen and oxygen atoms in total. The van der Waals surface area contributed by atoms with E-state index in [0.29, 0.717) is 0 Å². The van der Waals surface area contributed by atoms with Crippen molar-refractivity contribution in [2.24, 2.45) is 0 Å². The van der Waals surface area contributed by atoms with Crippen LogP contribution in [0.25, 0.3) is 0 Å². The van der Waals surface area contributed by atoms with Gasteiger partial charge in [-0.2, -0.15) is 11.3 Å². The summed E-state index contributed by atoms with van der Waals surface area (Å²) in [6.45, 7) is 3.63. The largest absolute Gasteiger partial charge is 0.313 e. The Kier molecular flexibility index (Phi) is 3.27. The summed E-state index contributed by atoms with van der Waals surface area (Å²) < 4.78 is 0. The molecule has 3 rings (SSSR count). The molecule has 3 heteroatoms. The van der Waals surface area contributed by atoms with Gasteiger partial charge in [-0.25, -0.2) is 0 Å². The van der Waals surface area contributed by atoms with Crippen molar-refractivity contribution in [3.05, 3.63) is 22.4 Å². The van der Waals surface area contributed by atoms with Crippen LogP contribution in [0.1, 0.15) is 31.2 Å². The molecule has 1 atom stereocenters. The van der Waals surface area contributed by atoms with Crippen molar-refractivity contribution >= 4 is 11.3 Å². The first-order valence-corrected chi connectivity index (χ1v) is 7.34. The van der Waals surface area contributed by atoms with Crippen LogP contribution in [-0.4, -0.2) is 30.1 Å². The Labute approximate surface area is 102 Å². The zero-order chi connectivity index (χ0) is 10.8. The summed E-state index contributed by atoms with van der Waals surface area (Å²) in [7, 11) is 0. The van der Waals surface area contributed by atoms with Crippen LogP contribution < -0.4 is 5.32 Å². The van der Waals surface area contributed by atoms with E-state index >= 15 is 0 Å². The quantitative estimate of drug-likeness (QED) is 0.845. The van der Waals surface area contributed by atoms with Crippen LogP contribution in [0, 0.1) is 0 Å². The van der Waals surface area contributed by atoms with E-state index in [2.05, 4.69) is 27.0 Å². The monoisotopic (exact) mass is 236 g/mol. The summed E-state index contributed by atoms with van der Waals surface area (Å²) in [6, 6.07) is 3.89. The van der Waals surface area contributed by atoms with Gasteiger partial charge in [0, 0.05) is 25.2 Å². The van der Waals surface area contributed by atoms with E-state index in [1.165, 1.54) is 44.3 Å². The van der Waals surface area contributed by atoms with Gasteiger partial charge >= 0.3 is 0 Å². The van der Waals surface area contributed by atoms with Gasteiger partial charge < -0.3 is 5.32 Å². The number of hydrogen-bond acceptors (Lipinski definition) is 3. The summed E-state index contributed by atoms with van der Waals surface area (Å²) in [5.41, 5.74) is 1.50. The van der Waals surface area contributed by atoms with Gasteiger partial charge in [-0.1, -0.05) is 0 Å². The van der Waals surface area contributed by atoms with Gasteiger partial charge in [0.15, 0.2) is 0 Å². The fraction of sp³-hybridized carbons (Fsp3) is 0.692. The summed E-state index contributed by atoms with van der Waals surface area (Å²) in [6.07, 6.45) is 5.56. The maximum atomic E-state index is 3.61. The number of hydrogen-bond donors (Lipinski definition) is 1. The smallest absolute Gasteiger partial charge is 0.0245 e. The fourth-order valence-corrected chi connectivity index (χ4v) is 3.25. The van der Waals surface area contributed by atoms with E-state index in [1.54, 1.807) is 0 Å². The lowest BCUT2D eigenvalue weighted by Crippen LogP contribution is -2.38. The van der Waals surface area contributed by atoms with Crippen LogP contribution in [0.15, 0.2) is 16.8 Å². The highest BCUT2D eigenvalue weighted by molar-refractivity contribution is 7.07. The van der Waals surface area contributed by atoms with E-state index in [1.807, 2.05) is 11.3 Å². The average molecular weight is 236 g/mol. The molecule has 0 bridgehead atoms. The van der Waals surface area contributed by atoms with Crippen LogP contribution in [-0.2, 0) is 6.54 Å². The van der Waals surface area contributed by atoms with Crippen LogP contribution >= 0.6 is 11.3 Å². The molecule has 16 heavy (non-hydrogen) atoms. The predicted molar refractivity (Wildman–Crippen MR) is 68.8 cm³/mol. The maximum Gasteiger partial charge on any atom is 0.0245 e. The predicted octanol–water partition coefficient (Wildman–Crippen LogP) is 2.46. The van der Waals surface area contributed by atoms with Crippen molar-refractivity contribution in [2.45, 2.75) is 44.3 Å².